The number of phenols is 3. The molecule has 7 nitrogen and oxygen atoms in total. The molecule has 2 aromatic carbocycles. The van der Waals surface area contributed by atoms with E-state index in [1.165, 1.54) is 24.8 Å². The lowest BCUT2D eigenvalue weighted by atomic mass is 9.86. The molecular weight excluding hydrogens is 424 g/mol. The van der Waals surface area contributed by atoms with Crippen molar-refractivity contribution >= 4 is 11.9 Å². The summed E-state index contributed by atoms with van der Waals surface area (Å²) >= 11 is 0. The number of methoxy groups -OCH3 is 1. The van der Waals surface area contributed by atoms with Crippen LogP contribution >= 0.6 is 0 Å². The number of phenolic OH excluding ortho intramolecular Hbond substituents is 3. The molecule has 0 aliphatic carbocycles. The van der Waals surface area contributed by atoms with E-state index in [1.807, 2.05) is 26.8 Å². The summed E-state index contributed by atoms with van der Waals surface area (Å²) in [4.78, 5) is 13.3. The minimum atomic E-state index is -0.902. The molecule has 174 valence electrons. The van der Waals surface area contributed by atoms with Crippen molar-refractivity contribution in [1.82, 2.24) is 0 Å². The van der Waals surface area contributed by atoms with E-state index in [1.54, 1.807) is 12.1 Å². The van der Waals surface area contributed by atoms with Gasteiger partial charge in [0.05, 0.1) is 18.6 Å². The molecule has 0 saturated heterocycles. The van der Waals surface area contributed by atoms with Gasteiger partial charge in [0.15, 0.2) is 17.3 Å². The summed E-state index contributed by atoms with van der Waals surface area (Å²) in [6.45, 7) is 6.02. The molecule has 0 saturated carbocycles. The van der Waals surface area contributed by atoms with Crippen LogP contribution in [0.2, 0.25) is 0 Å². The second kappa shape index (κ2) is 8.39. The maximum Gasteiger partial charge on any atom is 0.200 e. The first kappa shape index (κ1) is 22.6. The van der Waals surface area contributed by atoms with E-state index < -0.39 is 28.8 Å². The van der Waals surface area contributed by atoms with Crippen LogP contribution in [0.3, 0.4) is 0 Å². The molecular formula is C26H28O7. The van der Waals surface area contributed by atoms with Crippen LogP contribution < -0.4 is 14.2 Å². The Labute approximate surface area is 192 Å². The van der Waals surface area contributed by atoms with Gasteiger partial charge in [0.1, 0.15) is 35.0 Å². The molecule has 0 aromatic heterocycles. The molecule has 0 bridgehead atoms. The monoisotopic (exact) mass is 452 g/mol. The Balaban J connectivity index is 1.67. The minimum Gasteiger partial charge on any atom is -0.506 e. The molecule has 0 unspecified atom stereocenters. The van der Waals surface area contributed by atoms with Gasteiger partial charge in [0, 0.05) is 11.6 Å². The fraction of sp³-hybridized carbons (Fsp3) is 0.346. The second-order valence-corrected chi connectivity index (χ2v) is 8.86. The summed E-state index contributed by atoms with van der Waals surface area (Å²) in [7, 11) is 1.36. The summed E-state index contributed by atoms with van der Waals surface area (Å²) in [6, 6.07) is 4.60. The van der Waals surface area contributed by atoms with E-state index in [4.69, 9.17) is 14.2 Å². The summed E-state index contributed by atoms with van der Waals surface area (Å²) in [5, 5.41) is 31.5. The summed E-state index contributed by atoms with van der Waals surface area (Å²) < 4.78 is 17.0. The number of rotatable bonds is 5. The van der Waals surface area contributed by atoms with Crippen LogP contribution in [0.1, 0.15) is 61.0 Å². The number of allylic oxidation sites excluding steroid dienone is 2. The molecule has 2 aromatic rings. The van der Waals surface area contributed by atoms with Gasteiger partial charge >= 0.3 is 0 Å². The highest BCUT2D eigenvalue weighted by Gasteiger charge is 2.38. The number of carbonyl (C=O) groups is 1. The first-order valence-corrected chi connectivity index (χ1v) is 10.8. The number of Topliss-reactive ketones (excluding diaryl/α,β-unsaturated/α-hetero) is 1. The number of carbonyl (C=O) groups excluding carboxylic acids is 1. The average Bonchev–Trinajstić information content (AvgIpc) is 2.75. The van der Waals surface area contributed by atoms with Crippen molar-refractivity contribution < 1.29 is 34.3 Å². The number of ether oxygens (including phenoxy) is 3. The number of fused-ring (bicyclic) bond motifs is 2. The molecule has 2 aliphatic rings. The summed E-state index contributed by atoms with van der Waals surface area (Å²) in [6.07, 6.45) is 7.42. The molecule has 0 spiro atoms. The smallest absolute Gasteiger partial charge is 0.200 e. The maximum absolute atomic E-state index is 13.3. The highest BCUT2D eigenvalue weighted by Crippen LogP contribution is 2.49. The molecule has 2 atom stereocenters. The molecule has 33 heavy (non-hydrogen) atoms. The lowest BCUT2D eigenvalue weighted by Crippen LogP contribution is -2.32. The highest BCUT2D eigenvalue weighted by atomic mass is 16.5. The molecule has 4 rings (SSSR count). The topological polar surface area (TPSA) is 105 Å². The van der Waals surface area contributed by atoms with Gasteiger partial charge < -0.3 is 29.5 Å². The minimum absolute atomic E-state index is 0.0288. The Morgan fingerprint density at radius 3 is 2.64 bits per heavy atom. The van der Waals surface area contributed by atoms with Crippen LogP contribution in [0.5, 0.6) is 34.5 Å². The van der Waals surface area contributed by atoms with Gasteiger partial charge in [0.2, 0.25) is 5.75 Å². The van der Waals surface area contributed by atoms with Crippen molar-refractivity contribution in [2.45, 2.75) is 45.1 Å². The fourth-order valence-corrected chi connectivity index (χ4v) is 4.24. The Bertz CT molecular complexity index is 1170. The first-order valence-electron chi connectivity index (χ1n) is 10.8. The van der Waals surface area contributed by atoms with Crippen LogP contribution in [0.15, 0.2) is 35.9 Å². The van der Waals surface area contributed by atoms with Crippen molar-refractivity contribution in [3.05, 3.63) is 52.6 Å². The van der Waals surface area contributed by atoms with Crippen molar-refractivity contribution in [1.29, 1.82) is 0 Å². The SMILES string of the molecule is COc1ccc([C@H]2COc3cc4c(c(O)c3C2=O)C=C[C@@](C)(CCC=C(C)C)O4)c(O)c1O. The summed E-state index contributed by atoms with van der Waals surface area (Å²) in [5.41, 5.74) is 1.32. The second-order valence-electron chi connectivity index (χ2n) is 8.86. The first-order chi connectivity index (χ1) is 15.6. The van der Waals surface area contributed by atoms with Crippen molar-refractivity contribution in [2.75, 3.05) is 13.7 Å². The van der Waals surface area contributed by atoms with Gasteiger partial charge in [-0.05, 0) is 51.8 Å². The fourth-order valence-electron chi connectivity index (χ4n) is 4.24. The predicted molar refractivity (Wildman–Crippen MR) is 124 cm³/mol. The maximum atomic E-state index is 13.3. The van der Waals surface area contributed by atoms with Gasteiger partial charge in [0.25, 0.3) is 0 Å². The Kier molecular flexibility index (Phi) is 5.74. The molecule has 7 heteroatoms. The number of hydrogen-bond donors (Lipinski definition) is 3. The zero-order valence-corrected chi connectivity index (χ0v) is 19.1. The number of ketones is 1. The average molecular weight is 453 g/mol. The third kappa shape index (κ3) is 3.99. The van der Waals surface area contributed by atoms with Crippen LogP contribution in [-0.4, -0.2) is 40.4 Å². The van der Waals surface area contributed by atoms with Crippen LogP contribution in [0.25, 0.3) is 6.08 Å². The van der Waals surface area contributed by atoms with Crippen molar-refractivity contribution in [3.63, 3.8) is 0 Å². The van der Waals surface area contributed by atoms with E-state index in [2.05, 4.69) is 6.08 Å². The number of hydrogen-bond acceptors (Lipinski definition) is 7. The van der Waals surface area contributed by atoms with Gasteiger partial charge in [-0.25, -0.2) is 0 Å². The van der Waals surface area contributed by atoms with E-state index in [-0.39, 0.29) is 35.0 Å². The molecule has 0 fully saturated rings. The Morgan fingerprint density at radius 2 is 1.94 bits per heavy atom. The van der Waals surface area contributed by atoms with E-state index in [9.17, 15) is 20.1 Å². The highest BCUT2D eigenvalue weighted by molar-refractivity contribution is 6.08. The van der Waals surface area contributed by atoms with E-state index >= 15 is 0 Å². The van der Waals surface area contributed by atoms with Crippen LogP contribution in [0.4, 0.5) is 0 Å². The quantitative estimate of drug-likeness (QED) is 0.429. The lowest BCUT2D eigenvalue weighted by Gasteiger charge is -2.33. The van der Waals surface area contributed by atoms with Gasteiger partial charge in [-0.1, -0.05) is 17.7 Å². The van der Waals surface area contributed by atoms with Crippen LogP contribution in [0, 0.1) is 0 Å². The van der Waals surface area contributed by atoms with E-state index in [0.717, 1.165) is 12.8 Å². The Morgan fingerprint density at radius 1 is 1.18 bits per heavy atom. The largest absolute Gasteiger partial charge is 0.506 e. The Hall–Kier alpha value is -3.61. The molecule has 3 N–H and O–H groups in total. The van der Waals surface area contributed by atoms with E-state index in [0.29, 0.717) is 11.3 Å². The third-order valence-corrected chi connectivity index (χ3v) is 6.11. The standard InChI is InChI=1S/C26H28O7/c1-14(2)6-5-10-26(3)11-9-16-19(33-26)12-20-21(22(16)27)23(28)17(13-32-20)15-7-8-18(31-4)25(30)24(15)29/h6-9,11-12,17,27,29-30H,5,10,13H2,1-4H3/t17-,26-/m1/s1. The molecule has 0 radical (unpaired) electrons. The van der Waals surface area contributed by atoms with Gasteiger partial charge in [-0.15, -0.1) is 0 Å². The van der Waals surface area contributed by atoms with Crippen molar-refractivity contribution in [3.8, 4) is 34.5 Å². The lowest BCUT2D eigenvalue weighted by molar-refractivity contribution is 0.0887. The summed E-state index contributed by atoms with van der Waals surface area (Å²) in [5.74, 6) is -1.68. The number of benzene rings is 2. The zero-order valence-electron chi connectivity index (χ0n) is 19.1. The van der Waals surface area contributed by atoms with Crippen molar-refractivity contribution in [2.24, 2.45) is 0 Å². The predicted octanol–water partition coefficient (Wildman–Crippen LogP) is 5.08. The zero-order chi connectivity index (χ0) is 23.9. The van der Waals surface area contributed by atoms with Crippen LogP contribution in [-0.2, 0) is 0 Å². The van der Waals surface area contributed by atoms with Gasteiger partial charge in [-0.2, -0.15) is 0 Å². The molecule has 2 heterocycles. The third-order valence-electron chi connectivity index (χ3n) is 6.11. The number of aromatic hydroxyl groups is 3. The van der Waals surface area contributed by atoms with Gasteiger partial charge in [-0.3, -0.25) is 4.79 Å². The normalized spacial score (nSPS) is 20.8. The molecule has 0 amide bonds. The molecule has 2 aliphatic heterocycles.